The number of alkyl halides is 1. The third-order valence-electron chi connectivity index (χ3n) is 4.69. The van der Waals surface area contributed by atoms with Crippen molar-refractivity contribution in [2.24, 2.45) is 0 Å². The molecule has 1 fully saturated rings. The monoisotopic (exact) mass is 444 g/mol. The first-order valence-corrected chi connectivity index (χ1v) is 10.7. The molecule has 1 aliphatic rings. The van der Waals surface area contributed by atoms with Crippen LogP contribution in [0.5, 0.6) is 0 Å². The second-order valence-electron chi connectivity index (χ2n) is 6.67. The van der Waals surface area contributed by atoms with E-state index in [0.29, 0.717) is 0 Å². The van der Waals surface area contributed by atoms with E-state index in [4.69, 9.17) is 11.6 Å². The third kappa shape index (κ3) is 4.75. The van der Waals surface area contributed by atoms with Gasteiger partial charge in [0.2, 0.25) is 10.0 Å². The average Bonchev–Trinajstić information content (AvgIpc) is 2.70. The van der Waals surface area contributed by atoms with Gasteiger partial charge in [-0.05, 0) is 43.2 Å². The van der Waals surface area contributed by atoms with E-state index in [0.717, 1.165) is 12.1 Å². The van der Waals surface area contributed by atoms with Crippen molar-refractivity contribution in [3.63, 3.8) is 0 Å². The summed E-state index contributed by atoms with van der Waals surface area (Å²) in [6, 6.07) is 7.31. The predicted octanol–water partition coefficient (Wildman–Crippen LogP) is 3.35. The Bertz CT molecular complexity index is 1020. The van der Waals surface area contributed by atoms with Gasteiger partial charge in [-0.15, -0.1) is 0 Å². The van der Waals surface area contributed by atoms with Crippen LogP contribution in [0, 0.1) is 5.82 Å². The normalized spacial score (nSPS) is 16.0. The molecule has 0 saturated carbocycles. The van der Waals surface area contributed by atoms with Gasteiger partial charge in [-0.3, -0.25) is 4.79 Å². The molecule has 1 aliphatic heterocycles. The third-order valence-corrected chi connectivity index (χ3v) is 6.96. The second kappa shape index (κ2) is 8.74. The maximum Gasteiger partial charge on any atom is 0.255 e. The van der Waals surface area contributed by atoms with Crippen LogP contribution in [0.3, 0.4) is 0 Å². The van der Waals surface area contributed by atoms with E-state index < -0.39 is 34.5 Å². The Morgan fingerprint density at radius 1 is 1.21 bits per heavy atom. The Labute approximate surface area is 172 Å². The van der Waals surface area contributed by atoms with E-state index in [1.165, 1.54) is 28.6 Å². The van der Waals surface area contributed by atoms with Crippen molar-refractivity contribution in [3.8, 4) is 0 Å². The fourth-order valence-electron chi connectivity index (χ4n) is 3.05. The minimum Gasteiger partial charge on any atom is -0.393 e. The summed E-state index contributed by atoms with van der Waals surface area (Å²) in [4.78, 5) is 12.2. The number of rotatable bonds is 5. The van der Waals surface area contributed by atoms with Crippen LogP contribution >= 0.6 is 11.6 Å². The molecule has 1 saturated heterocycles. The van der Waals surface area contributed by atoms with Gasteiger partial charge in [-0.2, -0.15) is 4.31 Å². The molecule has 0 spiro atoms. The molecule has 156 valence electrons. The Hall–Kier alpha value is -2.07. The number of anilines is 1. The fourth-order valence-corrected chi connectivity index (χ4v) is 4.93. The minimum atomic E-state index is -4.04. The molecule has 0 unspecified atom stereocenters. The summed E-state index contributed by atoms with van der Waals surface area (Å²) < 4.78 is 53.8. The zero-order valence-corrected chi connectivity index (χ0v) is 16.8. The number of carbonyl (C=O) groups excluding carboxylic acids is 1. The number of amides is 1. The van der Waals surface area contributed by atoms with Crippen LogP contribution in [-0.2, 0) is 16.7 Å². The molecule has 2 aromatic rings. The zero-order valence-electron chi connectivity index (χ0n) is 15.2. The molecule has 2 N–H and O–H groups in total. The lowest BCUT2D eigenvalue weighted by Crippen LogP contribution is -2.40. The largest absolute Gasteiger partial charge is 0.393 e. The quantitative estimate of drug-likeness (QED) is 0.740. The Morgan fingerprint density at radius 3 is 2.52 bits per heavy atom. The maximum atomic E-state index is 13.4. The standard InChI is InChI=1S/C19H19ClF2N2O4S/c20-16-10-14(3-4-17(16)22)23-19(26)12-1-2-13(11-21)18(9-12)29(27,28)24-7-5-15(25)6-8-24/h1-4,9-10,15,25H,5-8,11H2,(H,23,26). The Balaban J connectivity index is 1.90. The van der Waals surface area contributed by atoms with Crippen molar-refractivity contribution in [1.82, 2.24) is 4.31 Å². The first-order chi connectivity index (χ1) is 13.7. The molecule has 1 amide bonds. The first-order valence-electron chi connectivity index (χ1n) is 8.86. The molecule has 29 heavy (non-hydrogen) atoms. The van der Waals surface area contributed by atoms with E-state index in [-0.39, 0.29) is 52.7 Å². The molecule has 10 heteroatoms. The molecule has 1 heterocycles. The molecule has 3 rings (SSSR count). The predicted molar refractivity (Wildman–Crippen MR) is 105 cm³/mol. The van der Waals surface area contributed by atoms with Crippen molar-refractivity contribution in [1.29, 1.82) is 0 Å². The topological polar surface area (TPSA) is 86.7 Å². The van der Waals surface area contributed by atoms with Gasteiger partial charge in [0.25, 0.3) is 5.91 Å². The lowest BCUT2D eigenvalue weighted by atomic mass is 10.1. The van der Waals surface area contributed by atoms with Gasteiger partial charge in [-0.25, -0.2) is 17.2 Å². The van der Waals surface area contributed by atoms with Crippen LogP contribution in [0.2, 0.25) is 5.02 Å². The van der Waals surface area contributed by atoms with Crippen molar-refractivity contribution in [3.05, 3.63) is 58.4 Å². The summed E-state index contributed by atoms with van der Waals surface area (Å²) in [5.74, 6) is -1.29. The number of carbonyl (C=O) groups is 1. The van der Waals surface area contributed by atoms with Crippen LogP contribution in [-0.4, -0.2) is 42.9 Å². The van der Waals surface area contributed by atoms with Crippen LogP contribution in [0.1, 0.15) is 28.8 Å². The lowest BCUT2D eigenvalue weighted by Gasteiger charge is -2.29. The number of halogens is 3. The molecular formula is C19H19ClF2N2O4S. The van der Waals surface area contributed by atoms with Crippen LogP contribution in [0.15, 0.2) is 41.3 Å². The number of hydrogen-bond donors (Lipinski definition) is 2. The number of nitrogens with zero attached hydrogens (tertiary/aromatic N) is 1. The van der Waals surface area contributed by atoms with Crippen LogP contribution in [0.25, 0.3) is 0 Å². The van der Waals surface area contributed by atoms with Gasteiger partial charge < -0.3 is 10.4 Å². The van der Waals surface area contributed by atoms with Crippen molar-refractivity contribution in [2.45, 2.75) is 30.5 Å². The Kier molecular flexibility index (Phi) is 6.52. The molecular weight excluding hydrogens is 426 g/mol. The van der Waals surface area contributed by atoms with E-state index in [2.05, 4.69) is 5.32 Å². The van der Waals surface area contributed by atoms with E-state index in [9.17, 15) is 27.1 Å². The van der Waals surface area contributed by atoms with Crippen molar-refractivity contribution in [2.75, 3.05) is 18.4 Å². The number of hydrogen-bond acceptors (Lipinski definition) is 4. The number of benzene rings is 2. The second-order valence-corrected chi connectivity index (χ2v) is 8.99. The summed E-state index contributed by atoms with van der Waals surface area (Å²) in [5.41, 5.74) is 0.168. The van der Waals surface area contributed by atoms with Gasteiger partial charge in [0.15, 0.2) is 0 Å². The highest BCUT2D eigenvalue weighted by Gasteiger charge is 2.31. The SMILES string of the molecule is O=C(Nc1ccc(F)c(Cl)c1)c1ccc(CF)c(S(=O)(=O)N2CCC(O)CC2)c1. The van der Waals surface area contributed by atoms with Crippen molar-refractivity contribution >= 4 is 33.2 Å². The Morgan fingerprint density at radius 2 is 1.90 bits per heavy atom. The van der Waals surface area contributed by atoms with Crippen molar-refractivity contribution < 1.29 is 27.1 Å². The molecule has 6 nitrogen and oxygen atoms in total. The highest BCUT2D eigenvalue weighted by molar-refractivity contribution is 7.89. The molecule has 0 aliphatic carbocycles. The molecule has 0 atom stereocenters. The highest BCUT2D eigenvalue weighted by Crippen LogP contribution is 2.26. The van der Waals surface area contributed by atoms with Crippen LogP contribution < -0.4 is 5.32 Å². The lowest BCUT2D eigenvalue weighted by molar-refractivity contribution is 0.102. The van der Waals surface area contributed by atoms with Gasteiger partial charge >= 0.3 is 0 Å². The van der Waals surface area contributed by atoms with Gasteiger partial charge in [0.05, 0.1) is 16.0 Å². The number of aliphatic hydroxyl groups is 1. The number of aliphatic hydroxyl groups excluding tert-OH is 1. The van der Waals surface area contributed by atoms with Gasteiger partial charge in [0.1, 0.15) is 12.5 Å². The summed E-state index contributed by atoms with van der Waals surface area (Å²) in [7, 11) is -4.04. The minimum absolute atomic E-state index is 0.00160. The average molecular weight is 445 g/mol. The molecule has 0 radical (unpaired) electrons. The van der Waals surface area contributed by atoms with Crippen LogP contribution in [0.4, 0.5) is 14.5 Å². The zero-order chi connectivity index (χ0) is 21.2. The maximum absolute atomic E-state index is 13.4. The molecule has 0 bridgehead atoms. The first kappa shape index (κ1) is 21.6. The fraction of sp³-hybridized carbons (Fsp3) is 0.316. The summed E-state index contributed by atoms with van der Waals surface area (Å²) in [6.45, 7) is -0.792. The summed E-state index contributed by atoms with van der Waals surface area (Å²) >= 11 is 5.69. The van der Waals surface area contributed by atoms with E-state index >= 15 is 0 Å². The number of sulfonamides is 1. The number of nitrogens with one attached hydrogen (secondary N) is 1. The van der Waals surface area contributed by atoms with Gasteiger partial charge in [-0.1, -0.05) is 17.7 Å². The van der Waals surface area contributed by atoms with Gasteiger partial charge in [0, 0.05) is 29.9 Å². The van der Waals surface area contributed by atoms with E-state index in [1.54, 1.807) is 0 Å². The molecule has 0 aromatic heterocycles. The van der Waals surface area contributed by atoms with E-state index in [1.807, 2.05) is 0 Å². The molecule has 2 aromatic carbocycles. The highest BCUT2D eigenvalue weighted by atomic mass is 35.5. The number of piperidine rings is 1. The summed E-state index contributed by atoms with van der Waals surface area (Å²) in [5, 5.41) is 11.9. The smallest absolute Gasteiger partial charge is 0.255 e. The summed E-state index contributed by atoms with van der Waals surface area (Å²) in [6.07, 6.45) is 0.00695.